The van der Waals surface area contributed by atoms with E-state index in [9.17, 15) is 9.59 Å². The SMILES string of the molecule is Cc1ccc(CC(=O)CN2CC3(CCC(c4ccccc4)(N(C)C)CC3)N(CC3CCC3)C2=O)cn1. The molecule has 0 N–H and O–H groups in total. The predicted octanol–water partition coefficient (Wildman–Crippen LogP) is 4.81. The van der Waals surface area contributed by atoms with E-state index in [4.69, 9.17) is 0 Å². The van der Waals surface area contributed by atoms with Crippen LogP contribution in [-0.2, 0) is 16.8 Å². The molecule has 5 rings (SSSR count). The number of nitrogens with zero attached hydrogens (tertiary/aromatic N) is 4. The van der Waals surface area contributed by atoms with Gasteiger partial charge in [-0.3, -0.25) is 14.7 Å². The van der Waals surface area contributed by atoms with E-state index in [1.807, 2.05) is 24.0 Å². The van der Waals surface area contributed by atoms with Crippen molar-refractivity contribution in [2.75, 3.05) is 33.7 Å². The van der Waals surface area contributed by atoms with Gasteiger partial charge >= 0.3 is 6.03 Å². The highest BCUT2D eigenvalue weighted by atomic mass is 16.2. The number of aryl methyl sites for hydroxylation is 1. The van der Waals surface area contributed by atoms with E-state index in [-0.39, 0.29) is 29.4 Å². The van der Waals surface area contributed by atoms with Gasteiger partial charge < -0.3 is 9.80 Å². The van der Waals surface area contributed by atoms with Crippen LogP contribution in [0.15, 0.2) is 48.7 Å². The van der Waals surface area contributed by atoms with Crippen molar-refractivity contribution in [1.29, 1.82) is 0 Å². The van der Waals surface area contributed by atoms with Gasteiger partial charge in [0, 0.05) is 36.9 Å². The lowest BCUT2D eigenvalue weighted by atomic mass is 9.68. The smallest absolute Gasteiger partial charge is 0.317 e. The maximum absolute atomic E-state index is 13.7. The Bertz CT molecular complexity index is 1070. The van der Waals surface area contributed by atoms with Crippen LogP contribution in [0, 0.1) is 12.8 Å². The fourth-order valence-corrected chi connectivity index (χ4v) is 6.61. The summed E-state index contributed by atoms with van der Waals surface area (Å²) in [7, 11) is 4.36. The zero-order valence-corrected chi connectivity index (χ0v) is 22.1. The van der Waals surface area contributed by atoms with Gasteiger partial charge in [0.1, 0.15) is 0 Å². The van der Waals surface area contributed by atoms with Gasteiger partial charge in [-0.15, -0.1) is 0 Å². The lowest BCUT2D eigenvalue weighted by Gasteiger charge is -2.51. The normalized spacial score (nSPS) is 26.6. The van der Waals surface area contributed by atoms with Crippen LogP contribution in [0.25, 0.3) is 0 Å². The van der Waals surface area contributed by atoms with Gasteiger partial charge in [0.15, 0.2) is 5.78 Å². The van der Waals surface area contributed by atoms with Crippen LogP contribution in [0.2, 0.25) is 0 Å². The van der Waals surface area contributed by atoms with E-state index < -0.39 is 0 Å². The van der Waals surface area contributed by atoms with Gasteiger partial charge in [-0.25, -0.2) is 4.79 Å². The molecule has 36 heavy (non-hydrogen) atoms. The van der Waals surface area contributed by atoms with E-state index in [0.717, 1.165) is 43.5 Å². The summed E-state index contributed by atoms with van der Waals surface area (Å²) in [5, 5.41) is 0. The van der Waals surface area contributed by atoms with Crippen LogP contribution >= 0.6 is 0 Å². The zero-order valence-electron chi connectivity index (χ0n) is 22.1. The number of rotatable bonds is 8. The van der Waals surface area contributed by atoms with Crippen LogP contribution in [0.3, 0.4) is 0 Å². The van der Waals surface area contributed by atoms with Crippen molar-refractivity contribution in [3.63, 3.8) is 0 Å². The summed E-state index contributed by atoms with van der Waals surface area (Å²) in [5.74, 6) is 0.687. The predicted molar refractivity (Wildman–Crippen MR) is 142 cm³/mol. The second kappa shape index (κ2) is 9.97. The third kappa shape index (κ3) is 4.68. The molecule has 0 bridgehead atoms. The van der Waals surface area contributed by atoms with E-state index in [2.05, 4.69) is 59.2 Å². The van der Waals surface area contributed by atoms with Crippen molar-refractivity contribution in [2.24, 2.45) is 5.92 Å². The minimum absolute atomic E-state index is 0.0145. The molecule has 0 atom stereocenters. The first kappa shape index (κ1) is 24.9. The first-order chi connectivity index (χ1) is 17.3. The Labute approximate surface area is 215 Å². The average Bonchev–Trinajstić information content (AvgIpc) is 3.08. The Morgan fingerprint density at radius 2 is 1.78 bits per heavy atom. The van der Waals surface area contributed by atoms with E-state index in [1.54, 1.807) is 6.20 Å². The highest BCUT2D eigenvalue weighted by Crippen LogP contribution is 2.49. The first-order valence-corrected chi connectivity index (χ1v) is 13.5. The summed E-state index contributed by atoms with van der Waals surface area (Å²) in [6.07, 6.45) is 9.74. The van der Waals surface area contributed by atoms with Gasteiger partial charge in [-0.1, -0.05) is 42.8 Å². The number of aromatic nitrogens is 1. The van der Waals surface area contributed by atoms with Crippen molar-refractivity contribution in [3.8, 4) is 0 Å². The number of ketones is 1. The molecule has 0 radical (unpaired) electrons. The van der Waals surface area contributed by atoms with E-state index in [1.165, 1.54) is 24.8 Å². The number of amides is 2. The van der Waals surface area contributed by atoms with Crippen LogP contribution in [0.1, 0.15) is 61.8 Å². The fraction of sp³-hybridized carbons (Fsp3) is 0.567. The summed E-state index contributed by atoms with van der Waals surface area (Å²) in [5.41, 5.74) is 3.02. The quantitative estimate of drug-likeness (QED) is 0.535. The lowest BCUT2D eigenvalue weighted by molar-refractivity contribution is -0.119. The summed E-state index contributed by atoms with van der Waals surface area (Å²) < 4.78 is 0. The molecule has 3 fully saturated rings. The highest BCUT2D eigenvalue weighted by Gasteiger charge is 2.55. The molecule has 1 aliphatic heterocycles. The Balaban J connectivity index is 1.33. The summed E-state index contributed by atoms with van der Waals surface area (Å²) in [6, 6.07) is 14.8. The molecule has 1 spiro atoms. The van der Waals surface area contributed by atoms with Gasteiger partial charge in [0.05, 0.1) is 12.1 Å². The maximum Gasteiger partial charge on any atom is 0.321 e. The molecule has 1 aromatic heterocycles. The number of hydrogen-bond acceptors (Lipinski definition) is 4. The summed E-state index contributed by atoms with van der Waals surface area (Å²) >= 11 is 0. The van der Waals surface area contributed by atoms with Crippen LogP contribution < -0.4 is 0 Å². The largest absolute Gasteiger partial charge is 0.321 e. The van der Waals surface area contributed by atoms with Gasteiger partial charge in [-0.05, 0) is 82.7 Å². The van der Waals surface area contributed by atoms with Crippen molar-refractivity contribution in [3.05, 3.63) is 65.5 Å². The van der Waals surface area contributed by atoms with E-state index >= 15 is 0 Å². The molecule has 1 aromatic carbocycles. The topological polar surface area (TPSA) is 56.8 Å². The second-order valence-electron chi connectivity index (χ2n) is 11.6. The number of pyridine rings is 1. The number of carbonyl (C=O) groups excluding carboxylic acids is 2. The fourth-order valence-electron chi connectivity index (χ4n) is 6.61. The van der Waals surface area contributed by atoms with Crippen LogP contribution in [-0.4, -0.2) is 70.8 Å². The maximum atomic E-state index is 13.7. The molecular weight excluding hydrogens is 448 g/mol. The lowest BCUT2D eigenvalue weighted by Crippen LogP contribution is -2.56. The Morgan fingerprint density at radius 1 is 1.06 bits per heavy atom. The molecule has 2 heterocycles. The summed E-state index contributed by atoms with van der Waals surface area (Å²) in [4.78, 5) is 37.4. The van der Waals surface area contributed by atoms with E-state index in [0.29, 0.717) is 18.9 Å². The monoisotopic (exact) mass is 488 g/mol. The van der Waals surface area contributed by atoms with Crippen molar-refractivity contribution >= 4 is 11.8 Å². The number of carbonyl (C=O) groups is 2. The molecule has 192 valence electrons. The third-order valence-electron chi connectivity index (χ3n) is 9.14. The molecule has 2 saturated carbocycles. The molecule has 2 aliphatic carbocycles. The van der Waals surface area contributed by atoms with Crippen LogP contribution in [0.5, 0.6) is 0 Å². The molecule has 2 amide bonds. The Morgan fingerprint density at radius 3 is 2.36 bits per heavy atom. The molecule has 2 aromatic rings. The Hall–Kier alpha value is -2.73. The number of benzene rings is 1. The molecular formula is C30H40N4O2. The van der Waals surface area contributed by atoms with Crippen molar-refractivity contribution in [2.45, 2.75) is 69.4 Å². The summed E-state index contributed by atoms with van der Waals surface area (Å²) in [6.45, 7) is 3.63. The molecule has 3 aliphatic rings. The number of urea groups is 1. The highest BCUT2D eigenvalue weighted by molar-refractivity contribution is 5.88. The van der Waals surface area contributed by atoms with Crippen molar-refractivity contribution < 1.29 is 9.59 Å². The zero-order chi connectivity index (χ0) is 25.3. The van der Waals surface area contributed by atoms with Crippen molar-refractivity contribution in [1.82, 2.24) is 19.7 Å². The van der Waals surface area contributed by atoms with Crippen LogP contribution in [0.4, 0.5) is 4.79 Å². The Kier molecular flexibility index (Phi) is 6.90. The number of hydrogen-bond donors (Lipinski definition) is 0. The molecule has 6 heteroatoms. The third-order valence-corrected chi connectivity index (χ3v) is 9.14. The van der Waals surface area contributed by atoms with Gasteiger partial charge in [0.2, 0.25) is 0 Å². The molecule has 0 unspecified atom stereocenters. The first-order valence-electron chi connectivity index (χ1n) is 13.5. The minimum atomic E-state index is -0.174. The minimum Gasteiger partial charge on any atom is -0.317 e. The average molecular weight is 489 g/mol. The van der Waals surface area contributed by atoms with Gasteiger partial charge in [0.25, 0.3) is 0 Å². The standard InChI is InChI=1S/C30H40N4O2/c1-23-12-13-25(19-31-23)18-27(35)21-33-22-29(34(28(33)36)20-24-8-7-9-24)14-16-30(17-15-29,32(2)3)26-10-5-4-6-11-26/h4-6,10-13,19,24H,7-9,14-18,20-22H2,1-3H3. The second-order valence-corrected chi connectivity index (χ2v) is 11.6. The number of Topliss-reactive ketones (excluding diaryl/α,β-unsaturated/α-hetero) is 1. The molecule has 1 saturated heterocycles. The molecule has 6 nitrogen and oxygen atoms in total. The van der Waals surface area contributed by atoms with Gasteiger partial charge in [-0.2, -0.15) is 0 Å².